The fourth-order valence-electron chi connectivity index (χ4n) is 3.62. The van der Waals surface area contributed by atoms with Gasteiger partial charge in [0, 0.05) is 21.0 Å². The summed E-state index contributed by atoms with van der Waals surface area (Å²) in [7, 11) is 0. The van der Waals surface area contributed by atoms with Crippen LogP contribution in [0.15, 0.2) is 71.2 Å². The molecule has 0 aliphatic heterocycles. The Morgan fingerprint density at radius 1 is 0.750 bits per heavy atom. The van der Waals surface area contributed by atoms with E-state index < -0.39 is 0 Å². The summed E-state index contributed by atoms with van der Waals surface area (Å²) >= 11 is 3.47. The number of benzene rings is 3. The van der Waals surface area contributed by atoms with Crippen molar-refractivity contribution in [2.75, 3.05) is 0 Å². The number of hydrogen-bond donors (Lipinski definition) is 0. The van der Waals surface area contributed by atoms with Crippen molar-refractivity contribution in [2.45, 2.75) is 19.3 Å². The number of ketones is 1. The van der Waals surface area contributed by atoms with E-state index in [0.717, 1.165) is 37.9 Å². The average Bonchev–Trinajstić information content (AvgIpc) is 2.60. The summed E-state index contributed by atoms with van der Waals surface area (Å²) in [6.07, 6.45) is 0. The quantitative estimate of drug-likeness (QED) is 0.509. The molecule has 1 aliphatic carbocycles. The lowest BCUT2D eigenvalue weighted by Gasteiger charge is -2.34. The lowest BCUT2D eigenvalue weighted by Crippen LogP contribution is -2.30. The third kappa shape index (κ3) is 2.25. The van der Waals surface area contributed by atoms with Crippen molar-refractivity contribution >= 4 is 21.7 Å². The first-order valence-electron chi connectivity index (χ1n) is 8.03. The van der Waals surface area contributed by atoms with Gasteiger partial charge in [-0.25, -0.2) is 0 Å². The molecule has 0 saturated heterocycles. The third-order valence-corrected chi connectivity index (χ3v) is 5.49. The summed E-state index contributed by atoms with van der Waals surface area (Å²) in [6.45, 7) is 4.38. The Kier molecular flexibility index (Phi) is 3.47. The minimum atomic E-state index is -0.169. The predicted molar refractivity (Wildman–Crippen MR) is 102 cm³/mol. The molecule has 4 rings (SSSR count). The highest BCUT2D eigenvalue weighted by molar-refractivity contribution is 9.10. The molecule has 0 saturated carbocycles. The Balaban J connectivity index is 1.91. The van der Waals surface area contributed by atoms with Crippen molar-refractivity contribution < 1.29 is 4.79 Å². The summed E-state index contributed by atoms with van der Waals surface area (Å²) in [6, 6.07) is 22.4. The van der Waals surface area contributed by atoms with Gasteiger partial charge in [-0.05, 0) is 40.5 Å². The van der Waals surface area contributed by atoms with Gasteiger partial charge >= 0.3 is 0 Å². The Bertz CT molecular complexity index is 952. The molecule has 1 aliphatic rings. The zero-order valence-corrected chi connectivity index (χ0v) is 15.2. The van der Waals surface area contributed by atoms with E-state index in [4.69, 9.17) is 0 Å². The van der Waals surface area contributed by atoms with Gasteiger partial charge in [0.15, 0.2) is 5.78 Å². The van der Waals surface area contributed by atoms with E-state index in [1.54, 1.807) is 0 Å². The minimum Gasteiger partial charge on any atom is -0.289 e. The van der Waals surface area contributed by atoms with Gasteiger partial charge in [-0.3, -0.25) is 4.79 Å². The number of carbonyl (C=O) groups is 1. The lowest BCUT2D eigenvalue weighted by atomic mass is 9.68. The molecule has 0 aromatic heterocycles. The topological polar surface area (TPSA) is 17.1 Å². The molecule has 24 heavy (non-hydrogen) atoms. The molecule has 0 radical (unpaired) electrons. The number of rotatable bonds is 1. The Labute approximate surface area is 150 Å². The molecule has 3 aromatic rings. The second-order valence-electron chi connectivity index (χ2n) is 6.77. The fraction of sp³-hybridized carbons (Fsp3) is 0.136. The van der Waals surface area contributed by atoms with Crippen molar-refractivity contribution in [1.82, 2.24) is 0 Å². The van der Waals surface area contributed by atoms with Crippen molar-refractivity contribution in [1.29, 1.82) is 0 Å². The molecule has 118 valence electrons. The first kappa shape index (κ1) is 15.3. The molecule has 0 atom stereocenters. The van der Waals surface area contributed by atoms with Gasteiger partial charge in [0.1, 0.15) is 0 Å². The van der Waals surface area contributed by atoms with Crippen molar-refractivity contribution in [3.8, 4) is 11.1 Å². The van der Waals surface area contributed by atoms with E-state index in [-0.39, 0.29) is 11.2 Å². The second-order valence-corrected chi connectivity index (χ2v) is 7.68. The smallest absolute Gasteiger partial charge is 0.193 e. The highest BCUT2D eigenvalue weighted by atomic mass is 79.9. The van der Waals surface area contributed by atoms with E-state index in [0.29, 0.717) is 0 Å². The molecule has 0 amide bonds. The molecule has 0 fully saturated rings. The molecule has 3 aromatic carbocycles. The Hall–Kier alpha value is -2.19. The number of carbonyl (C=O) groups excluding carboxylic acids is 1. The van der Waals surface area contributed by atoms with Gasteiger partial charge in [-0.2, -0.15) is 0 Å². The standard InChI is InChI=1S/C22H17BrO/c1-22(2)19-6-4-3-5-17(19)21(24)18-13-15(9-12-20(18)22)14-7-10-16(23)11-8-14/h3-13H,1-2H3. The zero-order chi connectivity index (χ0) is 16.9. The van der Waals surface area contributed by atoms with Gasteiger partial charge in [0.2, 0.25) is 0 Å². The SMILES string of the molecule is CC1(C)c2ccccc2C(=O)c2cc(-c3ccc(Br)cc3)ccc21. The monoisotopic (exact) mass is 376 g/mol. The van der Waals surface area contributed by atoms with Gasteiger partial charge in [-0.1, -0.05) is 78.3 Å². The van der Waals surface area contributed by atoms with Crippen LogP contribution in [0.2, 0.25) is 0 Å². The molecule has 0 spiro atoms. The fourth-order valence-corrected chi connectivity index (χ4v) is 3.88. The summed E-state index contributed by atoms with van der Waals surface area (Å²) in [5, 5.41) is 0. The first-order chi connectivity index (χ1) is 11.5. The van der Waals surface area contributed by atoms with Crippen molar-refractivity contribution in [3.63, 3.8) is 0 Å². The van der Waals surface area contributed by atoms with Gasteiger partial charge < -0.3 is 0 Å². The lowest BCUT2D eigenvalue weighted by molar-refractivity contribution is 0.103. The largest absolute Gasteiger partial charge is 0.289 e. The highest BCUT2D eigenvalue weighted by Crippen LogP contribution is 2.42. The maximum Gasteiger partial charge on any atom is 0.193 e. The normalized spacial score (nSPS) is 14.9. The van der Waals surface area contributed by atoms with Crippen LogP contribution < -0.4 is 0 Å². The molecule has 0 bridgehead atoms. The molecular formula is C22H17BrO. The number of fused-ring (bicyclic) bond motifs is 2. The van der Waals surface area contributed by atoms with Crippen molar-refractivity contribution in [2.24, 2.45) is 0 Å². The maximum absolute atomic E-state index is 13.0. The molecule has 0 N–H and O–H groups in total. The van der Waals surface area contributed by atoms with Crippen LogP contribution in [0.4, 0.5) is 0 Å². The predicted octanol–water partition coefficient (Wildman–Crippen LogP) is 5.99. The van der Waals surface area contributed by atoms with E-state index in [1.807, 2.05) is 36.4 Å². The molecular weight excluding hydrogens is 360 g/mol. The van der Waals surface area contributed by atoms with E-state index in [1.165, 1.54) is 0 Å². The zero-order valence-electron chi connectivity index (χ0n) is 13.6. The Morgan fingerprint density at radius 2 is 1.38 bits per heavy atom. The van der Waals surface area contributed by atoms with Crippen LogP contribution in [-0.4, -0.2) is 5.78 Å². The molecule has 1 nitrogen and oxygen atoms in total. The van der Waals surface area contributed by atoms with Crippen LogP contribution in [0.25, 0.3) is 11.1 Å². The molecule has 0 unspecified atom stereocenters. The summed E-state index contributed by atoms with van der Waals surface area (Å²) < 4.78 is 1.05. The van der Waals surface area contributed by atoms with Crippen LogP contribution in [0, 0.1) is 0 Å². The van der Waals surface area contributed by atoms with Gasteiger partial charge in [0.05, 0.1) is 0 Å². The van der Waals surface area contributed by atoms with Crippen molar-refractivity contribution in [3.05, 3.63) is 93.5 Å². The average molecular weight is 377 g/mol. The number of hydrogen-bond acceptors (Lipinski definition) is 1. The van der Waals surface area contributed by atoms with Gasteiger partial charge in [-0.15, -0.1) is 0 Å². The van der Waals surface area contributed by atoms with Gasteiger partial charge in [0.25, 0.3) is 0 Å². The maximum atomic E-state index is 13.0. The van der Waals surface area contributed by atoms with Crippen LogP contribution >= 0.6 is 15.9 Å². The van der Waals surface area contributed by atoms with Crippen LogP contribution in [0.1, 0.15) is 40.9 Å². The van der Waals surface area contributed by atoms with E-state index in [2.05, 4.69) is 60.1 Å². The number of halogens is 1. The summed E-state index contributed by atoms with van der Waals surface area (Å²) in [5.41, 5.74) is 5.88. The molecule has 0 heterocycles. The van der Waals surface area contributed by atoms with E-state index >= 15 is 0 Å². The Morgan fingerprint density at radius 3 is 2.12 bits per heavy atom. The minimum absolute atomic E-state index is 0.124. The highest BCUT2D eigenvalue weighted by Gasteiger charge is 2.36. The van der Waals surface area contributed by atoms with Crippen LogP contribution in [0.3, 0.4) is 0 Å². The summed E-state index contributed by atoms with van der Waals surface area (Å²) in [5.74, 6) is 0.124. The van der Waals surface area contributed by atoms with Crippen LogP contribution in [-0.2, 0) is 5.41 Å². The first-order valence-corrected chi connectivity index (χ1v) is 8.82. The van der Waals surface area contributed by atoms with E-state index in [9.17, 15) is 4.79 Å². The van der Waals surface area contributed by atoms with Crippen LogP contribution in [0.5, 0.6) is 0 Å². The molecule has 2 heteroatoms. The summed E-state index contributed by atoms with van der Waals surface area (Å²) in [4.78, 5) is 13.0. The second kappa shape index (κ2) is 5.42. The third-order valence-electron chi connectivity index (χ3n) is 4.96.